The van der Waals surface area contributed by atoms with E-state index in [1.165, 1.54) is 0 Å². The first kappa shape index (κ1) is 12.4. The molecule has 1 aromatic carbocycles. The van der Waals surface area contributed by atoms with Crippen molar-refractivity contribution in [3.8, 4) is 0 Å². The third kappa shape index (κ3) is 1.92. The molecule has 0 aliphatic carbocycles. The quantitative estimate of drug-likeness (QED) is 0.684. The van der Waals surface area contributed by atoms with Crippen LogP contribution in [0.15, 0.2) is 18.2 Å². The molecule has 0 saturated heterocycles. The summed E-state index contributed by atoms with van der Waals surface area (Å²) in [6.45, 7) is 4.08. The van der Waals surface area contributed by atoms with E-state index in [1.807, 2.05) is 19.9 Å². The van der Waals surface area contributed by atoms with Gasteiger partial charge < -0.3 is 11.5 Å². The van der Waals surface area contributed by atoms with E-state index in [0.29, 0.717) is 24.2 Å². The lowest BCUT2D eigenvalue weighted by molar-refractivity contribution is -0.118. The summed E-state index contributed by atoms with van der Waals surface area (Å²) in [5.41, 5.74) is 12.8. The Morgan fingerprint density at radius 2 is 2.06 bits per heavy atom. The first-order valence-corrected chi connectivity index (χ1v) is 5.85. The number of amides is 3. The Labute approximate surface area is 106 Å². The summed E-state index contributed by atoms with van der Waals surface area (Å²) < 4.78 is 0. The number of fused-ring (bicyclic) bond motifs is 1. The van der Waals surface area contributed by atoms with E-state index in [1.54, 1.807) is 12.1 Å². The van der Waals surface area contributed by atoms with Crippen LogP contribution in [0, 0.1) is 0 Å². The van der Waals surface area contributed by atoms with E-state index < -0.39 is 6.03 Å². The third-order valence-electron chi connectivity index (χ3n) is 3.43. The van der Waals surface area contributed by atoms with Crippen molar-refractivity contribution in [2.45, 2.75) is 32.1 Å². The normalized spacial score (nSPS) is 18.1. The van der Waals surface area contributed by atoms with Crippen LogP contribution in [0.5, 0.6) is 0 Å². The van der Waals surface area contributed by atoms with Gasteiger partial charge in [-0.2, -0.15) is 0 Å². The van der Waals surface area contributed by atoms with E-state index in [4.69, 9.17) is 11.5 Å². The zero-order valence-corrected chi connectivity index (χ0v) is 10.6. The SMILES string of the molecule is CC1(C)CCC(=O)N(C(N)=O)c2cc(N)ccc21. The third-order valence-corrected chi connectivity index (χ3v) is 3.43. The molecule has 1 aromatic rings. The van der Waals surface area contributed by atoms with Crippen LogP contribution in [0.25, 0.3) is 0 Å². The van der Waals surface area contributed by atoms with Crippen molar-refractivity contribution in [1.82, 2.24) is 0 Å². The molecule has 2 rings (SSSR count). The predicted molar refractivity (Wildman–Crippen MR) is 70.2 cm³/mol. The number of nitrogens with two attached hydrogens (primary N) is 2. The summed E-state index contributed by atoms with van der Waals surface area (Å²) in [5, 5.41) is 0. The van der Waals surface area contributed by atoms with Crippen LogP contribution in [0.1, 0.15) is 32.3 Å². The number of primary amides is 1. The van der Waals surface area contributed by atoms with Gasteiger partial charge in [0.15, 0.2) is 0 Å². The van der Waals surface area contributed by atoms with Crippen LogP contribution in [0.4, 0.5) is 16.2 Å². The Hall–Kier alpha value is -2.04. The average Bonchev–Trinajstić information content (AvgIpc) is 2.34. The first-order chi connectivity index (χ1) is 8.33. The van der Waals surface area contributed by atoms with Crippen LogP contribution < -0.4 is 16.4 Å². The van der Waals surface area contributed by atoms with Gasteiger partial charge in [0.05, 0.1) is 5.69 Å². The zero-order chi connectivity index (χ0) is 13.5. The smallest absolute Gasteiger partial charge is 0.326 e. The van der Waals surface area contributed by atoms with Gasteiger partial charge >= 0.3 is 6.03 Å². The van der Waals surface area contributed by atoms with E-state index in [0.717, 1.165) is 10.5 Å². The van der Waals surface area contributed by atoms with E-state index >= 15 is 0 Å². The lowest BCUT2D eigenvalue weighted by Crippen LogP contribution is -2.40. The van der Waals surface area contributed by atoms with Gasteiger partial charge in [-0.05, 0) is 29.5 Å². The number of imide groups is 1. The van der Waals surface area contributed by atoms with Gasteiger partial charge in [-0.15, -0.1) is 0 Å². The lowest BCUT2D eigenvalue weighted by atomic mass is 9.80. The fourth-order valence-corrected chi connectivity index (χ4v) is 2.35. The van der Waals surface area contributed by atoms with E-state index in [2.05, 4.69) is 0 Å². The number of rotatable bonds is 0. The minimum absolute atomic E-state index is 0.192. The second kappa shape index (κ2) is 4.01. The molecule has 5 heteroatoms. The van der Waals surface area contributed by atoms with Gasteiger partial charge in [0.1, 0.15) is 0 Å². The zero-order valence-electron chi connectivity index (χ0n) is 10.6. The Morgan fingerprint density at radius 1 is 1.39 bits per heavy atom. The maximum atomic E-state index is 12.0. The minimum Gasteiger partial charge on any atom is -0.399 e. The van der Waals surface area contributed by atoms with Crippen LogP contribution in [0.3, 0.4) is 0 Å². The van der Waals surface area contributed by atoms with E-state index in [9.17, 15) is 9.59 Å². The number of carbonyl (C=O) groups is 2. The Morgan fingerprint density at radius 3 is 2.67 bits per heavy atom. The predicted octanol–water partition coefficient (Wildman–Crippen LogP) is 1.75. The number of nitrogen functional groups attached to an aromatic ring is 1. The topological polar surface area (TPSA) is 89.4 Å². The minimum atomic E-state index is -0.760. The average molecular weight is 247 g/mol. The van der Waals surface area contributed by atoms with Crippen molar-refractivity contribution in [3.05, 3.63) is 23.8 Å². The van der Waals surface area contributed by atoms with E-state index in [-0.39, 0.29) is 11.3 Å². The molecule has 0 atom stereocenters. The monoisotopic (exact) mass is 247 g/mol. The summed E-state index contributed by atoms with van der Waals surface area (Å²) in [7, 11) is 0. The van der Waals surface area contributed by atoms with Crippen molar-refractivity contribution < 1.29 is 9.59 Å². The number of hydrogen-bond donors (Lipinski definition) is 2. The lowest BCUT2D eigenvalue weighted by Gasteiger charge is -2.26. The fourth-order valence-electron chi connectivity index (χ4n) is 2.35. The van der Waals surface area contributed by atoms with Crippen molar-refractivity contribution in [2.75, 3.05) is 10.6 Å². The van der Waals surface area contributed by atoms with Gasteiger partial charge in [-0.3, -0.25) is 4.79 Å². The maximum Gasteiger partial charge on any atom is 0.326 e. The molecule has 0 fully saturated rings. The number of hydrogen-bond acceptors (Lipinski definition) is 3. The van der Waals surface area contributed by atoms with Crippen LogP contribution in [-0.4, -0.2) is 11.9 Å². The highest BCUT2D eigenvalue weighted by molar-refractivity contribution is 6.14. The largest absolute Gasteiger partial charge is 0.399 e. The molecule has 18 heavy (non-hydrogen) atoms. The first-order valence-electron chi connectivity index (χ1n) is 5.85. The van der Waals surface area contributed by atoms with Gasteiger partial charge in [-0.25, -0.2) is 9.69 Å². The molecular formula is C13H17N3O2. The molecule has 5 nitrogen and oxygen atoms in total. The molecule has 1 heterocycles. The Bertz CT molecular complexity index is 523. The highest BCUT2D eigenvalue weighted by Gasteiger charge is 2.34. The van der Waals surface area contributed by atoms with Crippen molar-refractivity contribution in [3.63, 3.8) is 0 Å². The number of benzene rings is 1. The molecule has 3 amide bonds. The van der Waals surface area contributed by atoms with Gasteiger partial charge in [0.2, 0.25) is 5.91 Å². The highest BCUT2D eigenvalue weighted by atomic mass is 16.2. The molecular weight excluding hydrogens is 230 g/mol. The molecule has 1 aliphatic rings. The summed E-state index contributed by atoms with van der Waals surface area (Å²) in [4.78, 5) is 24.5. The fraction of sp³-hybridized carbons (Fsp3) is 0.385. The van der Waals surface area contributed by atoms with Crippen LogP contribution in [-0.2, 0) is 10.2 Å². The second-order valence-electron chi connectivity index (χ2n) is 5.23. The van der Waals surface area contributed by atoms with Gasteiger partial charge in [-0.1, -0.05) is 19.9 Å². The highest BCUT2D eigenvalue weighted by Crippen LogP contribution is 2.39. The van der Waals surface area contributed by atoms with Crippen LogP contribution >= 0.6 is 0 Å². The molecule has 4 N–H and O–H groups in total. The molecule has 96 valence electrons. The van der Waals surface area contributed by atoms with Gasteiger partial charge in [0, 0.05) is 12.1 Å². The van der Waals surface area contributed by atoms with Crippen molar-refractivity contribution >= 4 is 23.3 Å². The molecule has 0 aromatic heterocycles. The number of urea groups is 1. The van der Waals surface area contributed by atoms with Crippen LogP contribution in [0.2, 0.25) is 0 Å². The number of carbonyl (C=O) groups excluding carboxylic acids is 2. The summed E-state index contributed by atoms with van der Waals surface area (Å²) in [6.07, 6.45) is 0.969. The maximum absolute atomic E-state index is 12.0. The summed E-state index contributed by atoms with van der Waals surface area (Å²) in [5.74, 6) is -0.278. The van der Waals surface area contributed by atoms with Crippen molar-refractivity contribution in [1.29, 1.82) is 0 Å². The number of nitrogens with zero attached hydrogens (tertiary/aromatic N) is 1. The summed E-state index contributed by atoms with van der Waals surface area (Å²) >= 11 is 0. The standard InChI is InChI=1S/C13H17N3O2/c1-13(2)6-5-11(17)16(12(15)18)10-7-8(14)3-4-9(10)13/h3-4,7H,5-6,14H2,1-2H3,(H2,15,18). The molecule has 1 aliphatic heterocycles. The van der Waals surface area contributed by atoms with Gasteiger partial charge in [0.25, 0.3) is 0 Å². The molecule has 0 radical (unpaired) electrons. The molecule has 0 spiro atoms. The molecule has 0 unspecified atom stereocenters. The molecule has 0 saturated carbocycles. The second-order valence-corrected chi connectivity index (χ2v) is 5.23. The Balaban J connectivity index is 2.69. The number of anilines is 2. The Kier molecular flexibility index (Phi) is 2.77. The summed E-state index contributed by atoms with van der Waals surface area (Å²) in [6, 6.07) is 4.50. The van der Waals surface area contributed by atoms with Crippen molar-refractivity contribution in [2.24, 2.45) is 5.73 Å². The molecule has 0 bridgehead atoms.